The highest BCUT2D eigenvalue weighted by Crippen LogP contribution is 2.16. The molecule has 1 amide bonds. The number of aromatic nitrogens is 2. The van der Waals surface area contributed by atoms with Gasteiger partial charge in [-0.1, -0.05) is 24.3 Å². The number of carbonyl (C=O) groups is 1. The molecular weight excluding hydrogens is 493 g/mol. The molecule has 1 aromatic heterocycles. The van der Waals surface area contributed by atoms with E-state index in [0.29, 0.717) is 19.6 Å². The van der Waals surface area contributed by atoms with Gasteiger partial charge >= 0.3 is 0 Å². The molecule has 1 aliphatic rings. The van der Waals surface area contributed by atoms with E-state index in [1.165, 1.54) is 11.1 Å². The van der Waals surface area contributed by atoms with Crippen molar-refractivity contribution in [3.63, 3.8) is 0 Å². The van der Waals surface area contributed by atoms with Gasteiger partial charge in [-0.2, -0.15) is 5.10 Å². The molecule has 1 aromatic carbocycles. The second kappa shape index (κ2) is 11.3. The summed E-state index contributed by atoms with van der Waals surface area (Å²) in [6, 6.07) is 8.50. The second-order valence-electron chi connectivity index (χ2n) is 7.57. The first-order valence-electron chi connectivity index (χ1n) is 10.0. The molecule has 1 aliphatic heterocycles. The van der Waals surface area contributed by atoms with Crippen LogP contribution in [-0.2, 0) is 24.9 Å². The van der Waals surface area contributed by atoms with E-state index in [-0.39, 0.29) is 29.9 Å². The molecule has 164 valence electrons. The summed E-state index contributed by atoms with van der Waals surface area (Å²) in [4.78, 5) is 23.5. The lowest BCUT2D eigenvalue weighted by Crippen LogP contribution is -2.55. The number of nitrogens with zero attached hydrogens (tertiary/aromatic N) is 6. The molecule has 0 aliphatic carbocycles. The third kappa shape index (κ3) is 6.43. The van der Waals surface area contributed by atoms with Gasteiger partial charge in [0.05, 0.1) is 18.4 Å². The summed E-state index contributed by atoms with van der Waals surface area (Å²) in [7, 11) is 5.99. The summed E-state index contributed by atoms with van der Waals surface area (Å²) in [5.41, 5.74) is 3.28. The van der Waals surface area contributed by atoms with Crippen molar-refractivity contribution in [2.45, 2.75) is 20.0 Å². The topological polar surface area (TPSA) is 69.0 Å². The Labute approximate surface area is 195 Å². The van der Waals surface area contributed by atoms with Crippen LogP contribution in [0.4, 0.5) is 5.69 Å². The maximum atomic E-state index is 12.7. The highest BCUT2D eigenvalue weighted by atomic mass is 127. The van der Waals surface area contributed by atoms with Gasteiger partial charge in [0.15, 0.2) is 5.96 Å². The number of guanidine groups is 1. The lowest BCUT2D eigenvalue weighted by molar-refractivity contribution is -0.120. The third-order valence-corrected chi connectivity index (χ3v) is 4.76. The highest BCUT2D eigenvalue weighted by molar-refractivity contribution is 14.0. The Balaban J connectivity index is 0.00000320. The number of rotatable bonds is 6. The lowest BCUT2D eigenvalue weighted by atomic mass is 10.1. The molecule has 0 bridgehead atoms. The molecule has 2 heterocycles. The monoisotopic (exact) mass is 525 g/mol. The number of hydrogen-bond acceptors (Lipinski definition) is 4. The number of aryl methyl sites for hydroxylation is 1. The smallest absolute Gasteiger partial charge is 0.246 e. The van der Waals surface area contributed by atoms with Crippen LogP contribution >= 0.6 is 24.0 Å². The molecule has 9 heteroatoms. The van der Waals surface area contributed by atoms with Crippen molar-refractivity contribution in [1.29, 1.82) is 0 Å². The van der Waals surface area contributed by atoms with E-state index in [9.17, 15) is 4.79 Å². The van der Waals surface area contributed by atoms with E-state index in [0.717, 1.165) is 31.3 Å². The Morgan fingerprint density at radius 2 is 2.03 bits per heavy atom. The van der Waals surface area contributed by atoms with Crippen LogP contribution in [0.2, 0.25) is 0 Å². The van der Waals surface area contributed by atoms with Gasteiger partial charge < -0.3 is 20.0 Å². The van der Waals surface area contributed by atoms with Crippen molar-refractivity contribution < 1.29 is 4.79 Å². The Hall–Kier alpha value is -2.14. The van der Waals surface area contributed by atoms with Crippen LogP contribution in [0.15, 0.2) is 41.7 Å². The second-order valence-corrected chi connectivity index (χ2v) is 7.57. The highest BCUT2D eigenvalue weighted by Gasteiger charge is 2.27. The Morgan fingerprint density at radius 3 is 2.67 bits per heavy atom. The summed E-state index contributed by atoms with van der Waals surface area (Å²) >= 11 is 0. The Morgan fingerprint density at radius 1 is 1.27 bits per heavy atom. The standard InChI is InChI=1S/C21H31N7O.HI/c1-5-22-21(23-12-17-7-6-8-18(11-17)14-25(2)3)27-9-10-28(20(29)16-27)19-13-24-26(4)15-19;/h6-8,11,13,15H,5,9-10,12,14,16H2,1-4H3,(H,22,23);1H. The van der Waals surface area contributed by atoms with E-state index in [2.05, 4.69) is 53.7 Å². The Bertz CT molecular complexity index is 865. The molecule has 3 rings (SSSR count). The molecule has 0 atom stereocenters. The number of hydrogen-bond donors (Lipinski definition) is 1. The molecule has 1 saturated heterocycles. The number of nitrogens with one attached hydrogen (secondary N) is 1. The maximum Gasteiger partial charge on any atom is 0.246 e. The molecule has 30 heavy (non-hydrogen) atoms. The quantitative estimate of drug-likeness (QED) is 0.355. The first-order valence-corrected chi connectivity index (χ1v) is 10.0. The van der Waals surface area contributed by atoms with Crippen LogP contribution < -0.4 is 10.2 Å². The predicted octanol–water partition coefficient (Wildman–Crippen LogP) is 1.91. The van der Waals surface area contributed by atoms with Crippen LogP contribution in [0.25, 0.3) is 0 Å². The first kappa shape index (κ1) is 24.1. The molecule has 1 fully saturated rings. The normalized spacial score (nSPS) is 14.8. The molecule has 8 nitrogen and oxygen atoms in total. The fourth-order valence-electron chi connectivity index (χ4n) is 3.46. The van der Waals surface area contributed by atoms with Gasteiger partial charge in [0.1, 0.15) is 6.54 Å². The van der Waals surface area contributed by atoms with Gasteiger partial charge in [-0.05, 0) is 32.1 Å². The van der Waals surface area contributed by atoms with E-state index in [1.807, 2.05) is 25.1 Å². The minimum atomic E-state index is 0. The summed E-state index contributed by atoms with van der Waals surface area (Å²) in [6.07, 6.45) is 3.60. The van der Waals surface area contributed by atoms with Crippen LogP contribution in [0.5, 0.6) is 0 Å². The summed E-state index contributed by atoms with van der Waals surface area (Å²) in [5.74, 6) is 0.840. The third-order valence-electron chi connectivity index (χ3n) is 4.76. The van der Waals surface area contributed by atoms with Crippen molar-refractivity contribution in [1.82, 2.24) is 24.9 Å². The fraction of sp³-hybridized carbons (Fsp3) is 0.476. The lowest BCUT2D eigenvalue weighted by Gasteiger charge is -2.35. The average Bonchev–Trinajstić information content (AvgIpc) is 3.11. The van der Waals surface area contributed by atoms with Gasteiger partial charge in [-0.3, -0.25) is 9.48 Å². The maximum absolute atomic E-state index is 12.7. The first-order chi connectivity index (χ1) is 14.0. The number of anilines is 1. The molecule has 0 unspecified atom stereocenters. The number of carbonyl (C=O) groups excluding carboxylic acids is 1. The molecule has 2 aromatic rings. The van der Waals surface area contributed by atoms with Crippen molar-refractivity contribution in [2.75, 3.05) is 45.2 Å². The van der Waals surface area contributed by atoms with Crippen LogP contribution in [0.3, 0.4) is 0 Å². The van der Waals surface area contributed by atoms with E-state index in [4.69, 9.17) is 4.99 Å². The summed E-state index contributed by atoms with van der Waals surface area (Å²) < 4.78 is 1.71. The van der Waals surface area contributed by atoms with Crippen LogP contribution in [0, 0.1) is 0 Å². The van der Waals surface area contributed by atoms with Gasteiger partial charge in [-0.25, -0.2) is 4.99 Å². The van der Waals surface area contributed by atoms with E-state index in [1.54, 1.807) is 15.8 Å². The fourth-order valence-corrected chi connectivity index (χ4v) is 3.46. The average molecular weight is 525 g/mol. The SMILES string of the molecule is CCNC(=NCc1cccc(CN(C)C)c1)N1CCN(c2cnn(C)c2)C(=O)C1.I. The number of piperazine rings is 1. The zero-order chi connectivity index (χ0) is 20.8. The molecule has 1 N–H and O–H groups in total. The molecule has 0 radical (unpaired) electrons. The van der Waals surface area contributed by atoms with Crippen molar-refractivity contribution >= 4 is 41.5 Å². The minimum absolute atomic E-state index is 0. The van der Waals surface area contributed by atoms with E-state index < -0.39 is 0 Å². The van der Waals surface area contributed by atoms with Crippen LogP contribution in [-0.4, -0.2) is 71.7 Å². The van der Waals surface area contributed by atoms with E-state index >= 15 is 0 Å². The molecule has 0 spiro atoms. The summed E-state index contributed by atoms with van der Waals surface area (Å²) in [6.45, 7) is 5.95. The van der Waals surface area contributed by atoms with Crippen molar-refractivity contribution in [2.24, 2.45) is 12.0 Å². The zero-order valence-corrected chi connectivity index (χ0v) is 20.5. The minimum Gasteiger partial charge on any atom is -0.356 e. The Kier molecular flexibility index (Phi) is 9.09. The number of halogens is 1. The van der Waals surface area contributed by atoms with Crippen molar-refractivity contribution in [3.05, 3.63) is 47.8 Å². The van der Waals surface area contributed by atoms with Gasteiger partial charge in [0, 0.05) is 39.4 Å². The van der Waals surface area contributed by atoms with Crippen LogP contribution in [0.1, 0.15) is 18.1 Å². The molecule has 0 saturated carbocycles. The van der Waals surface area contributed by atoms with Crippen molar-refractivity contribution in [3.8, 4) is 0 Å². The zero-order valence-electron chi connectivity index (χ0n) is 18.2. The summed E-state index contributed by atoms with van der Waals surface area (Å²) in [5, 5.41) is 7.50. The predicted molar refractivity (Wildman–Crippen MR) is 131 cm³/mol. The largest absolute Gasteiger partial charge is 0.356 e. The number of benzene rings is 1. The molecular formula is C21H32IN7O. The van der Waals surface area contributed by atoms with Gasteiger partial charge in [0.25, 0.3) is 0 Å². The van der Waals surface area contributed by atoms with Gasteiger partial charge in [0.2, 0.25) is 5.91 Å². The van der Waals surface area contributed by atoms with Gasteiger partial charge in [-0.15, -0.1) is 24.0 Å². The number of aliphatic imine (C=N–C) groups is 1. The number of amides is 1.